The lowest BCUT2D eigenvalue weighted by Gasteiger charge is -2.23. The Kier molecular flexibility index (Phi) is 3.50. The molecule has 6 rings (SSSR count). The number of fused-ring (bicyclic) bond motifs is 7. The fourth-order valence-electron chi connectivity index (χ4n) is 5.20. The summed E-state index contributed by atoms with van der Waals surface area (Å²) in [5.41, 5.74) is 3.73. The van der Waals surface area contributed by atoms with Crippen molar-refractivity contribution in [1.29, 1.82) is 0 Å². The molecule has 1 N–H and O–H groups in total. The SMILES string of the molecule is Cn1c2c(c3cc(S(=O)(=O)c4cccc5cnccc45)ccc31)C1CCC(C2)N1. The van der Waals surface area contributed by atoms with Gasteiger partial charge < -0.3 is 9.88 Å². The number of nitrogens with one attached hydrogen (secondary N) is 1. The molecular weight excluding hydrogens is 382 g/mol. The highest BCUT2D eigenvalue weighted by Crippen LogP contribution is 2.42. The average Bonchev–Trinajstić information content (AvgIpc) is 3.26. The van der Waals surface area contributed by atoms with Crippen molar-refractivity contribution in [3.05, 3.63) is 66.1 Å². The molecule has 5 nitrogen and oxygen atoms in total. The van der Waals surface area contributed by atoms with Crippen LogP contribution in [-0.4, -0.2) is 24.0 Å². The summed E-state index contributed by atoms with van der Waals surface area (Å²) >= 11 is 0. The van der Waals surface area contributed by atoms with Gasteiger partial charge in [0.25, 0.3) is 0 Å². The van der Waals surface area contributed by atoms with Crippen LogP contribution in [0.1, 0.15) is 30.1 Å². The topological polar surface area (TPSA) is 64.0 Å². The van der Waals surface area contributed by atoms with Crippen LogP contribution >= 0.6 is 0 Å². The van der Waals surface area contributed by atoms with E-state index in [-0.39, 0.29) is 0 Å². The Labute approximate surface area is 169 Å². The van der Waals surface area contributed by atoms with Gasteiger partial charge in [-0.25, -0.2) is 8.42 Å². The first-order valence-corrected chi connectivity index (χ1v) is 11.5. The highest BCUT2D eigenvalue weighted by molar-refractivity contribution is 7.91. The number of rotatable bonds is 2. The number of nitrogens with zero attached hydrogens (tertiary/aromatic N) is 2. The van der Waals surface area contributed by atoms with E-state index < -0.39 is 9.84 Å². The lowest BCUT2D eigenvalue weighted by molar-refractivity contribution is 0.503. The van der Waals surface area contributed by atoms with Crippen LogP contribution in [0.4, 0.5) is 0 Å². The van der Waals surface area contributed by atoms with Crippen LogP contribution < -0.4 is 5.32 Å². The van der Waals surface area contributed by atoms with Crippen molar-refractivity contribution in [1.82, 2.24) is 14.9 Å². The number of pyridine rings is 1. The molecule has 2 bridgehead atoms. The van der Waals surface area contributed by atoms with Crippen molar-refractivity contribution in [2.24, 2.45) is 7.05 Å². The molecule has 2 unspecified atom stereocenters. The van der Waals surface area contributed by atoms with Crippen molar-refractivity contribution in [2.75, 3.05) is 0 Å². The molecule has 0 spiro atoms. The van der Waals surface area contributed by atoms with Crippen molar-refractivity contribution >= 4 is 31.5 Å². The Morgan fingerprint density at radius 1 is 1.10 bits per heavy atom. The van der Waals surface area contributed by atoms with E-state index in [1.807, 2.05) is 18.2 Å². The van der Waals surface area contributed by atoms with Gasteiger partial charge in [0.1, 0.15) is 0 Å². The van der Waals surface area contributed by atoms with Crippen LogP contribution in [0.25, 0.3) is 21.7 Å². The summed E-state index contributed by atoms with van der Waals surface area (Å²) in [7, 11) is -1.55. The molecule has 2 atom stereocenters. The number of benzene rings is 2. The van der Waals surface area contributed by atoms with E-state index in [1.165, 1.54) is 17.7 Å². The van der Waals surface area contributed by atoms with E-state index in [9.17, 15) is 8.42 Å². The molecule has 0 radical (unpaired) electrons. The van der Waals surface area contributed by atoms with Gasteiger partial charge in [0, 0.05) is 65.3 Å². The highest BCUT2D eigenvalue weighted by Gasteiger charge is 2.36. The molecule has 4 aromatic rings. The van der Waals surface area contributed by atoms with Gasteiger partial charge in [0.2, 0.25) is 9.84 Å². The second-order valence-corrected chi connectivity index (χ2v) is 10.1. The Morgan fingerprint density at radius 2 is 2.00 bits per heavy atom. The van der Waals surface area contributed by atoms with Crippen molar-refractivity contribution in [3.8, 4) is 0 Å². The van der Waals surface area contributed by atoms with Crippen LogP contribution in [0, 0.1) is 0 Å². The van der Waals surface area contributed by atoms with Crippen molar-refractivity contribution in [2.45, 2.75) is 41.1 Å². The molecule has 2 aliphatic rings. The molecule has 2 aromatic carbocycles. The predicted molar refractivity (Wildman–Crippen MR) is 113 cm³/mol. The fourth-order valence-corrected chi connectivity index (χ4v) is 6.71. The zero-order valence-corrected chi connectivity index (χ0v) is 16.9. The van der Waals surface area contributed by atoms with Gasteiger partial charge in [-0.1, -0.05) is 12.1 Å². The predicted octanol–water partition coefficient (Wildman–Crippen LogP) is 3.91. The largest absolute Gasteiger partial charge is 0.347 e. The van der Waals surface area contributed by atoms with E-state index >= 15 is 0 Å². The second kappa shape index (κ2) is 5.90. The molecule has 2 aliphatic heterocycles. The van der Waals surface area contributed by atoms with Crippen LogP contribution in [0.2, 0.25) is 0 Å². The Hall–Kier alpha value is -2.70. The standard InChI is InChI=1S/C23H21N3O2S/c1-26-20-8-6-16(12-18(20)23-19-7-5-15(25-19)11-21(23)26)29(27,28)22-4-2-3-14-13-24-10-9-17(14)22/h2-4,6,8-10,12-13,15,19,25H,5,7,11H2,1H3. The zero-order chi connectivity index (χ0) is 19.8. The van der Waals surface area contributed by atoms with Gasteiger partial charge in [0.15, 0.2) is 0 Å². The molecule has 1 fully saturated rings. The Bertz CT molecular complexity index is 1400. The third-order valence-corrected chi connectivity index (χ3v) is 8.41. The lowest BCUT2D eigenvalue weighted by Crippen LogP contribution is -2.32. The van der Waals surface area contributed by atoms with Crippen LogP contribution in [0.15, 0.2) is 64.6 Å². The maximum absolute atomic E-state index is 13.6. The number of hydrogen-bond acceptors (Lipinski definition) is 4. The Balaban J connectivity index is 1.58. The van der Waals surface area contributed by atoms with E-state index in [4.69, 9.17) is 0 Å². The molecule has 4 heterocycles. The normalized spacial score (nSPS) is 21.0. The molecule has 29 heavy (non-hydrogen) atoms. The number of aryl methyl sites for hydroxylation is 1. The minimum atomic E-state index is -3.65. The smallest absolute Gasteiger partial charge is 0.207 e. The summed E-state index contributed by atoms with van der Waals surface area (Å²) < 4.78 is 29.4. The Morgan fingerprint density at radius 3 is 2.90 bits per heavy atom. The molecule has 146 valence electrons. The number of aromatic nitrogens is 2. The molecule has 2 aromatic heterocycles. The number of hydrogen-bond donors (Lipinski definition) is 1. The van der Waals surface area contributed by atoms with Gasteiger partial charge in [-0.2, -0.15) is 0 Å². The minimum absolute atomic E-state index is 0.328. The summed E-state index contributed by atoms with van der Waals surface area (Å²) in [4.78, 5) is 4.80. The summed E-state index contributed by atoms with van der Waals surface area (Å²) in [6, 6.07) is 13.6. The van der Waals surface area contributed by atoms with Crippen LogP contribution in [0.5, 0.6) is 0 Å². The highest BCUT2D eigenvalue weighted by atomic mass is 32.2. The first kappa shape index (κ1) is 17.2. The summed E-state index contributed by atoms with van der Waals surface area (Å²) in [5, 5.41) is 6.29. The summed E-state index contributed by atoms with van der Waals surface area (Å²) in [6.45, 7) is 0. The van der Waals surface area contributed by atoms with Gasteiger partial charge in [-0.05, 0) is 48.7 Å². The van der Waals surface area contributed by atoms with Crippen molar-refractivity contribution < 1.29 is 8.42 Å². The second-order valence-electron chi connectivity index (χ2n) is 8.15. The molecule has 6 heteroatoms. The molecule has 1 saturated heterocycles. The number of sulfone groups is 1. The first-order chi connectivity index (χ1) is 14.0. The maximum atomic E-state index is 13.6. The summed E-state index contributed by atoms with van der Waals surface area (Å²) in [6.07, 6.45) is 6.65. The zero-order valence-electron chi connectivity index (χ0n) is 16.1. The molecule has 0 amide bonds. The minimum Gasteiger partial charge on any atom is -0.347 e. The van der Waals surface area contributed by atoms with E-state index in [0.29, 0.717) is 27.3 Å². The third kappa shape index (κ3) is 2.36. The van der Waals surface area contributed by atoms with Crippen molar-refractivity contribution in [3.63, 3.8) is 0 Å². The summed E-state index contributed by atoms with van der Waals surface area (Å²) in [5.74, 6) is 0. The molecular formula is C23H21N3O2S. The van der Waals surface area contributed by atoms with Gasteiger partial charge >= 0.3 is 0 Å². The quantitative estimate of drug-likeness (QED) is 0.551. The van der Waals surface area contributed by atoms with E-state index in [1.54, 1.807) is 36.7 Å². The molecule has 0 saturated carbocycles. The maximum Gasteiger partial charge on any atom is 0.207 e. The van der Waals surface area contributed by atoms with Crippen LogP contribution in [-0.2, 0) is 23.3 Å². The monoisotopic (exact) mass is 403 g/mol. The lowest BCUT2D eigenvalue weighted by atomic mass is 9.99. The third-order valence-electron chi connectivity index (χ3n) is 6.60. The van der Waals surface area contributed by atoms with Gasteiger partial charge in [-0.3, -0.25) is 4.98 Å². The van der Waals surface area contributed by atoms with Gasteiger partial charge in [0.05, 0.1) is 9.79 Å². The first-order valence-electron chi connectivity index (χ1n) is 9.99. The van der Waals surface area contributed by atoms with Crippen LogP contribution in [0.3, 0.4) is 0 Å². The fraction of sp³-hybridized carbons (Fsp3) is 0.261. The van der Waals surface area contributed by atoms with E-state index in [0.717, 1.165) is 29.1 Å². The van der Waals surface area contributed by atoms with Gasteiger partial charge in [-0.15, -0.1) is 0 Å². The average molecular weight is 404 g/mol. The molecule has 0 aliphatic carbocycles. The van der Waals surface area contributed by atoms with E-state index in [2.05, 4.69) is 21.9 Å².